The van der Waals surface area contributed by atoms with Gasteiger partial charge in [-0.2, -0.15) is 4.31 Å². The Bertz CT molecular complexity index is 1210. The lowest BCUT2D eigenvalue weighted by atomic mass is 10.0. The van der Waals surface area contributed by atoms with Crippen molar-refractivity contribution < 1.29 is 17.9 Å². The van der Waals surface area contributed by atoms with Crippen LogP contribution in [0, 0.1) is 0 Å². The first kappa shape index (κ1) is 22.0. The highest BCUT2D eigenvalue weighted by Crippen LogP contribution is 2.28. The Balaban J connectivity index is 1.52. The minimum Gasteiger partial charge on any atom is -0.457 e. The molecule has 0 radical (unpaired) electrons. The van der Waals surface area contributed by atoms with Gasteiger partial charge in [-0.3, -0.25) is 4.79 Å². The number of sulfonamides is 1. The van der Waals surface area contributed by atoms with E-state index >= 15 is 0 Å². The summed E-state index contributed by atoms with van der Waals surface area (Å²) in [4.78, 5) is 13.0. The van der Waals surface area contributed by atoms with E-state index in [1.165, 1.54) is 4.31 Å². The van der Waals surface area contributed by atoms with Gasteiger partial charge in [-0.1, -0.05) is 43.3 Å². The van der Waals surface area contributed by atoms with Gasteiger partial charge in [-0.05, 0) is 60.4 Å². The maximum Gasteiger partial charge on any atom is 0.259 e. The van der Waals surface area contributed by atoms with Crippen LogP contribution in [0.15, 0.2) is 72.8 Å². The van der Waals surface area contributed by atoms with Crippen molar-refractivity contribution in [3.05, 3.63) is 89.5 Å². The van der Waals surface area contributed by atoms with Crippen molar-refractivity contribution in [2.45, 2.75) is 26.3 Å². The van der Waals surface area contributed by atoms with Crippen LogP contribution in [0.5, 0.6) is 11.5 Å². The van der Waals surface area contributed by atoms with Gasteiger partial charge >= 0.3 is 0 Å². The summed E-state index contributed by atoms with van der Waals surface area (Å²) in [6, 6.07) is 22.1. The number of rotatable bonds is 7. The molecular formula is C25H26N2O4S. The fourth-order valence-corrected chi connectivity index (χ4v) is 5.27. The molecule has 3 aromatic carbocycles. The molecule has 3 aromatic rings. The molecule has 1 N–H and O–H groups in total. The average Bonchev–Trinajstić information content (AvgIpc) is 2.79. The molecule has 166 valence electrons. The van der Waals surface area contributed by atoms with Crippen LogP contribution in [-0.2, 0) is 23.0 Å². The molecule has 0 unspecified atom stereocenters. The summed E-state index contributed by atoms with van der Waals surface area (Å²) in [5.41, 5.74) is 3.07. The molecule has 1 heterocycles. The Morgan fingerprint density at radius 2 is 1.75 bits per heavy atom. The fourth-order valence-electron chi connectivity index (χ4n) is 3.79. The lowest BCUT2D eigenvalue weighted by Crippen LogP contribution is -2.37. The number of anilines is 1. The molecule has 0 aromatic heterocycles. The quantitative estimate of drug-likeness (QED) is 0.559. The minimum atomic E-state index is -3.26. The number of fused-ring (bicyclic) bond motifs is 1. The zero-order valence-electron chi connectivity index (χ0n) is 18.0. The van der Waals surface area contributed by atoms with Gasteiger partial charge in [0.05, 0.1) is 11.3 Å². The molecule has 1 amide bonds. The smallest absolute Gasteiger partial charge is 0.259 e. The Morgan fingerprint density at radius 3 is 2.53 bits per heavy atom. The second-order valence-corrected chi connectivity index (χ2v) is 9.84. The van der Waals surface area contributed by atoms with Gasteiger partial charge in [0.15, 0.2) is 0 Å². The number of nitrogens with one attached hydrogen (secondary N) is 1. The summed E-state index contributed by atoms with van der Waals surface area (Å²) < 4.78 is 32.4. The third-order valence-electron chi connectivity index (χ3n) is 5.40. The van der Waals surface area contributed by atoms with Gasteiger partial charge in [0, 0.05) is 18.8 Å². The molecule has 0 saturated carbocycles. The summed E-state index contributed by atoms with van der Waals surface area (Å²) in [5, 5.41) is 2.93. The molecule has 0 fully saturated rings. The van der Waals surface area contributed by atoms with Gasteiger partial charge in [0.25, 0.3) is 5.91 Å². The summed E-state index contributed by atoms with van der Waals surface area (Å²) in [6.45, 7) is 2.68. The van der Waals surface area contributed by atoms with Crippen LogP contribution in [0.3, 0.4) is 0 Å². The van der Waals surface area contributed by atoms with E-state index in [2.05, 4.69) is 5.32 Å². The fraction of sp³-hybridized carbons (Fsp3) is 0.240. The number of carbonyl (C=O) groups is 1. The zero-order valence-corrected chi connectivity index (χ0v) is 18.8. The first-order valence-corrected chi connectivity index (χ1v) is 12.3. The molecule has 7 heteroatoms. The van der Waals surface area contributed by atoms with E-state index in [1.807, 2.05) is 61.5 Å². The van der Waals surface area contributed by atoms with Crippen molar-refractivity contribution >= 4 is 21.6 Å². The van der Waals surface area contributed by atoms with Crippen molar-refractivity contribution in [3.8, 4) is 11.5 Å². The van der Waals surface area contributed by atoms with E-state index in [1.54, 1.807) is 18.2 Å². The first-order chi connectivity index (χ1) is 15.5. The minimum absolute atomic E-state index is 0.150. The molecule has 1 aliphatic rings. The number of benzene rings is 3. The van der Waals surface area contributed by atoms with Crippen LogP contribution >= 0.6 is 0 Å². The highest BCUT2D eigenvalue weighted by atomic mass is 32.2. The highest BCUT2D eigenvalue weighted by molar-refractivity contribution is 7.89. The Morgan fingerprint density at radius 1 is 1.00 bits per heavy atom. The third-order valence-corrected chi connectivity index (χ3v) is 7.42. The van der Waals surface area contributed by atoms with Crippen molar-refractivity contribution in [3.63, 3.8) is 0 Å². The lowest BCUT2D eigenvalue weighted by Gasteiger charge is -2.28. The van der Waals surface area contributed by atoms with E-state index in [4.69, 9.17) is 4.74 Å². The van der Waals surface area contributed by atoms with E-state index in [9.17, 15) is 13.2 Å². The first-order valence-electron chi connectivity index (χ1n) is 10.7. The number of nitrogens with zero attached hydrogens (tertiary/aromatic N) is 1. The molecule has 0 spiro atoms. The Kier molecular flexibility index (Phi) is 6.58. The second-order valence-electron chi connectivity index (χ2n) is 7.75. The molecule has 6 nitrogen and oxygen atoms in total. The van der Waals surface area contributed by atoms with Crippen LogP contribution in [0.2, 0.25) is 0 Å². The number of hydrogen-bond acceptors (Lipinski definition) is 4. The van der Waals surface area contributed by atoms with Crippen molar-refractivity contribution in [1.82, 2.24) is 4.31 Å². The number of ether oxygens (including phenoxy) is 1. The summed E-state index contributed by atoms with van der Waals surface area (Å²) >= 11 is 0. The van der Waals surface area contributed by atoms with Crippen LogP contribution < -0.4 is 10.1 Å². The monoisotopic (exact) mass is 450 g/mol. The van der Waals surface area contributed by atoms with Gasteiger partial charge < -0.3 is 10.1 Å². The molecule has 0 atom stereocenters. The van der Waals surface area contributed by atoms with Crippen molar-refractivity contribution in [2.24, 2.45) is 0 Å². The largest absolute Gasteiger partial charge is 0.457 e. The molecular weight excluding hydrogens is 424 g/mol. The van der Waals surface area contributed by atoms with Gasteiger partial charge in [0.1, 0.15) is 11.5 Å². The Labute approximate surface area is 188 Å². The standard InChI is InChI=1S/C25H26N2O4S/c1-2-16-32(29,30)27-15-14-19-12-13-21(17-20(19)18-27)26-25(28)23-10-6-7-11-24(23)31-22-8-4-3-5-9-22/h3-13,17H,2,14-16,18H2,1H3,(H,26,28). The number of para-hydroxylation sites is 2. The highest BCUT2D eigenvalue weighted by Gasteiger charge is 2.26. The predicted octanol–water partition coefficient (Wildman–Crippen LogP) is 4.83. The predicted molar refractivity (Wildman–Crippen MR) is 126 cm³/mol. The number of amides is 1. The Hall–Kier alpha value is -3.16. The van der Waals surface area contributed by atoms with Gasteiger partial charge in [-0.15, -0.1) is 0 Å². The number of hydrogen-bond donors (Lipinski definition) is 1. The maximum atomic E-state index is 13.0. The average molecular weight is 451 g/mol. The van der Waals surface area contributed by atoms with Crippen LogP contribution in [0.25, 0.3) is 0 Å². The SMILES string of the molecule is CCCS(=O)(=O)N1CCc2ccc(NC(=O)c3ccccc3Oc3ccccc3)cc2C1. The normalized spacial score (nSPS) is 13.9. The summed E-state index contributed by atoms with van der Waals surface area (Å²) in [7, 11) is -3.26. The molecule has 0 bridgehead atoms. The van der Waals surface area contributed by atoms with Crippen LogP contribution in [-0.4, -0.2) is 30.9 Å². The zero-order chi connectivity index (χ0) is 22.6. The molecule has 4 rings (SSSR count). The molecule has 0 aliphatic carbocycles. The summed E-state index contributed by atoms with van der Waals surface area (Å²) in [5.74, 6) is 0.973. The van der Waals surface area contributed by atoms with E-state index < -0.39 is 10.0 Å². The van der Waals surface area contributed by atoms with Crippen molar-refractivity contribution in [1.29, 1.82) is 0 Å². The maximum absolute atomic E-state index is 13.0. The second kappa shape index (κ2) is 9.54. The molecule has 32 heavy (non-hydrogen) atoms. The van der Waals surface area contributed by atoms with Crippen LogP contribution in [0.1, 0.15) is 34.8 Å². The third kappa shape index (κ3) is 5.00. The lowest BCUT2D eigenvalue weighted by molar-refractivity contribution is 0.102. The topological polar surface area (TPSA) is 75.7 Å². The van der Waals surface area contributed by atoms with E-state index in [0.29, 0.717) is 48.7 Å². The summed E-state index contributed by atoms with van der Waals surface area (Å²) in [6.07, 6.45) is 1.26. The van der Waals surface area contributed by atoms with Crippen molar-refractivity contribution in [2.75, 3.05) is 17.6 Å². The van der Waals surface area contributed by atoms with Gasteiger partial charge in [0.2, 0.25) is 10.0 Å². The van der Waals surface area contributed by atoms with E-state index in [-0.39, 0.29) is 11.7 Å². The number of carbonyl (C=O) groups excluding carboxylic acids is 1. The molecule has 0 saturated heterocycles. The van der Waals surface area contributed by atoms with Gasteiger partial charge in [-0.25, -0.2) is 8.42 Å². The van der Waals surface area contributed by atoms with Crippen LogP contribution in [0.4, 0.5) is 5.69 Å². The molecule has 1 aliphatic heterocycles. The van der Waals surface area contributed by atoms with E-state index in [0.717, 1.165) is 11.1 Å².